The van der Waals surface area contributed by atoms with Crippen molar-refractivity contribution in [3.63, 3.8) is 0 Å². The molecule has 0 fully saturated rings. The Bertz CT molecular complexity index is 1010. The van der Waals surface area contributed by atoms with Crippen molar-refractivity contribution in [1.29, 1.82) is 0 Å². The first-order valence-electron chi connectivity index (χ1n) is 8.51. The number of aliphatic hydroxyl groups excluding tert-OH is 1. The summed E-state index contributed by atoms with van der Waals surface area (Å²) in [5.41, 5.74) is 0.919. The molecule has 0 saturated carbocycles. The molecule has 0 spiro atoms. The Morgan fingerprint density at radius 1 is 1.26 bits per heavy atom. The third-order valence-electron chi connectivity index (χ3n) is 4.20. The second-order valence-corrected chi connectivity index (χ2v) is 6.12. The zero-order valence-electron chi connectivity index (χ0n) is 14.7. The molecule has 0 aliphatic rings. The minimum atomic E-state index is -0.938. The predicted molar refractivity (Wildman–Crippen MR) is 100.0 cm³/mol. The van der Waals surface area contributed by atoms with Gasteiger partial charge in [-0.2, -0.15) is 0 Å². The summed E-state index contributed by atoms with van der Waals surface area (Å²) in [6.07, 6.45) is 1.31. The van der Waals surface area contributed by atoms with Crippen LogP contribution in [0.2, 0.25) is 0 Å². The van der Waals surface area contributed by atoms with Gasteiger partial charge in [-0.1, -0.05) is 19.1 Å². The molecule has 1 unspecified atom stereocenters. The molecule has 27 heavy (non-hydrogen) atoms. The van der Waals surface area contributed by atoms with Crippen LogP contribution in [-0.2, 0) is 13.0 Å². The highest BCUT2D eigenvalue weighted by atomic mass is 16.6. The van der Waals surface area contributed by atoms with E-state index in [1.165, 1.54) is 34.7 Å². The van der Waals surface area contributed by atoms with E-state index in [0.29, 0.717) is 11.3 Å². The van der Waals surface area contributed by atoms with Gasteiger partial charge < -0.3 is 9.84 Å². The maximum atomic E-state index is 12.5. The highest BCUT2D eigenvalue weighted by Crippen LogP contribution is 2.16. The fourth-order valence-corrected chi connectivity index (χ4v) is 2.68. The third kappa shape index (κ3) is 4.29. The second-order valence-electron chi connectivity index (χ2n) is 6.12. The molecule has 3 aromatic rings. The largest absolute Gasteiger partial charge is 0.491 e. The Morgan fingerprint density at radius 2 is 2.00 bits per heavy atom. The molecule has 0 saturated heterocycles. The molecule has 2 aromatic carbocycles. The first-order chi connectivity index (χ1) is 13.0. The van der Waals surface area contributed by atoms with E-state index in [9.17, 15) is 20.0 Å². The number of aromatic nitrogens is 2. The molecule has 0 radical (unpaired) electrons. The standard InChI is InChI=1S/C19H19N3O5/c1-2-13-3-6-16(7-4-13)27-11-15(23)10-21-12-20-18-8-5-14(22(25)26)9-17(18)19(21)24/h3-9,12,15,23H,2,10-11H2,1H3. The summed E-state index contributed by atoms with van der Waals surface area (Å²) in [5.74, 6) is 0.630. The smallest absolute Gasteiger partial charge is 0.270 e. The number of benzene rings is 2. The number of aliphatic hydroxyl groups is 1. The van der Waals surface area contributed by atoms with Gasteiger partial charge >= 0.3 is 0 Å². The van der Waals surface area contributed by atoms with Crippen LogP contribution in [0, 0.1) is 10.1 Å². The second kappa shape index (κ2) is 7.96. The number of nitrogens with zero attached hydrogens (tertiary/aromatic N) is 3. The van der Waals surface area contributed by atoms with Crippen molar-refractivity contribution >= 4 is 16.6 Å². The zero-order valence-corrected chi connectivity index (χ0v) is 14.7. The van der Waals surface area contributed by atoms with Crippen molar-refractivity contribution in [3.05, 3.63) is 74.8 Å². The minimum Gasteiger partial charge on any atom is -0.491 e. The van der Waals surface area contributed by atoms with Gasteiger partial charge in [-0.05, 0) is 30.2 Å². The van der Waals surface area contributed by atoms with Crippen molar-refractivity contribution < 1.29 is 14.8 Å². The molecule has 8 nitrogen and oxygen atoms in total. The maximum absolute atomic E-state index is 12.5. The number of rotatable bonds is 7. The van der Waals surface area contributed by atoms with Crippen molar-refractivity contribution in [2.24, 2.45) is 0 Å². The summed E-state index contributed by atoms with van der Waals surface area (Å²) in [5, 5.41) is 21.2. The summed E-state index contributed by atoms with van der Waals surface area (Å²) in [4.78, 5) is 27.0. The van der Waals surface area contributed by atoms with E-state index in [4.69, 9.17) is 4.74 Å². The lowest BCUT2D eigenvalue weighted by Crippen LogP contribution is -2.30. The van der Waals surface area contributed by atoms with Crippen LogP contribution in [0.25, 0.3) is 10.9 Å². The van der Waals surface area contributed by atoms with Crippen LogP contribution < -0.4 is 10.3 Å². The Balaban J connectivity index is 1.72. The van der Waals surface area contributed by atoms with Crippen molar-refractivity contribution in [2.45, 2.75) is 26.0 Å². The highest BCUT2D eigenvalue weighted by Gasteiger charge is 2.13. The van der Waals surface area contributed by atoms with E-state index in [1.807, 2.05) is 24.3 Å². The maximum Gasteiger partial charge on any atom is 0.270 e. The SMILES string of the molecule is CCc1ccc(OCC(O)Cn2cnc3ccc([N+](=O)[O-])cc3c2=O)cc1. The summed E-state index contributed by atoms with van der Waals surface area (Å²) >= 11 is 0. The highest BCUT2D eigenvalue weighted by molar-refractivity contribution is 5.79. The summed E-state index contributed by atoms with van der Waals surface area (Å²) in [6.45, 7) is 2.03. The van der Waals surface area contributed by atoms with E-state index in [0.717, 1.165) is 6.42 Å². The number of nitro groups is 1. The van der Waals surface area contributed by atoms with Gasteiger partial charge in [0, 0.05) is 12.1 Å². The average molecular weight is 369 g/mol. The van der Waals surface area contributed by atoms with Crippen LogP contribution in [0.4, 0.5) is 5.69 Å². The van der Waals surface area contributed by atoms with Gasteiger partial charge in [0.05, 0.1) is 28.7 Å². The van der Waals surface area contributed by atoms with Gasteiger partial charge in [0.2, 0.25) is 0 Å². The van der Waals surface area contributed by atoms with E-state index in [1.54, 1.807) is 0 Å². The van der Waals surface area contributed by atoms with Crippen LogP contribution in [0.5, 0.6) is 5.75 Å². The van der Waals surface area contributed by atoms with Gasteiger partial charge in [0.1, 0.15) is 18.5 Å². The molecule has 140 valence electrons. The van der Waals surface area contributed by atoms with E-state index < -0.39 is 16.6 Å². The fraction of sp³-hybridized carbons (Fsp3) is 0.263. The van der Waals surface area contributed by atoms with Gasteiger partial charge in [0.25, 0.3) is 11.2 Å². The fourth-order valence-electron chi connectivity index (χ4n) is 2.68. The number of aryl methyl sites for hydroxylation is 1. The minimum absolute atomic E-state index is 0.00485. The number of fused-ring (bicyclic) bond motifs is 1. The van der Waals surface area contributed by atoms with E-state index in [2.05, 4.69) is 11.9 Å². The van der Waals surface area contributed by atoms with Crippen LogP contribution >= 0.6 is 0 Å². The number of non-ortho nitro benzene ring substituents is 1. The summed E-state index contributed by atoms with van der Waals surface area (Å²) < 4.78 is 6.76. The Hall–Kier alpha value is -3.26. The number of hydrogen-bond acceptors (Lipinski definition) is 6. The molecule has 1 aromatic heterocycles. The molecule has 1 N–H and O–H groups in total. The summed E-state index contributed by atoms with van der Waals surface area (Å²) in [7, 11) is 0. The quantitative estimate of drug-likeness (QED) is 0.506. The van der Waals surface area contributed by atoms with E-state index in [-0.39, 0.29) is 24.2 Å². The first kappa shape index (κ1) is 18.5. The first-order valence-corrected chi connectivity index (χ1v) is 8.51. The van der Waals surface area contributed by atoms with Crippen molar-refractivity contribution in [2.75, 3.05) is 6.61 Å². The number of nitro benzene ring substituents is 1. The van der Waals surface area contributed by atoms with Gasteiger partial charge in [0.15, 0.2) is 0 Å². The predicted octanol–water partition coefficient (Wildman–Crippen LogP) is 2.31. The summed E-state index contributed by atoms with van der Waals surface area (Å²) in [6, 6.07) is 11.5. The molecular weight excluding hydrogens is 350 g/mol. The van der Waals surface area contributed by atoms with Gasteiger partial charge in [-0.15, -0.1) is 0 Å². The van der Waals surface area contributed by atoms with Crippen molar-refractivity contribution in [1.82, 2.24) is 9.55 Å². The Kier molecular flexibility index (Phi) is 5.46. The Morgan fingerprint density at radius 3 is 2.67 bits per heavy atom. The van der Waals surface area contributed by atoms with Crippen LogP contribution in [0.15, 0.2) is 53.6 Å². The van der Waals surface area contributed by atoms with Gasteiger partial charge in [-0.3, -0.25) is 19.5 Å². The topological polar surface area (TPSA) is 107 Å². The molecule has 1 heterocycles. The van der Waals surface area contributed by atoms with Crippen LogP contribution in [0.3, 0.4) is 0 Å². The van der Waals surface area contributed by atoms with Crippen LogP contribution in [-0.4, -0.2) is 32.3 Å². The van der Waals surface area contributed by atoms with Gasteiger partial charge in [-0.25, -0.2) is 4.98 Å². The average Bonchev–Trinajstić information content (AvgIpc) is 2.68. The molecular formula is C19H19N3O5. The molecule has 3 rings (SSSR count). The monoisotopic (exact) mass is 369 g/mol. The lowest BCUT2D eigenvalue weighted by Gasteiger charge is -2.14. The zero-order chi connectivity index (χ0) is 19.4. The van der Waals surface area contributed by atoms with E-state index >= 15 is 0 Å². The third-order valence-corrected chi connectivity index (χ3v) is 4.20. The molecule has 1 atom stereocenters. The lowest BCUT2D eigenvalue weighted by atomic mass is 10.2. The molecule has 0 aliphatic heterocycles. The number of ether oxygens (including phenoxy) is 1. The molecule has 8 heteroatoms. The van der Waals surface area contributed by atoms with Crippen molar-refractivity contribution in [3.8, 4) is 5.75 Å². The van der Waals surface area contributed by atoms with Crippen LogP contribution in [0.1, 0.15) is 12.5 Å². The lowest BCUT2D eigenvalue weighted by molar-refractivity contribution is -0.384. The normalized spacial score (nSPS) is 12.1. The Labute approximate surface area is 154 Å². The number of hydrogen-bond donors (Lipinski definition) is 1. The molecule has 0 amide bonds. The molecule has 0 bridgehead atoms. The molecule has 0 aliphatic carbocycles.